The number of anilines is 1. The number of benzene rings is 2. The van der Waals surface area contributed by atoms with Crippen LogP contribution >= 0.6 is 0 Å². The molecule has 3 aromatic rings. The fourth-order valence-corrected chi connectivity index (χ4v) is 8.65. The highest BCUT2D eigenvalue weighted by Gasteiger charge is 2.27. The van der Waals surface area contributed by atoms with Gasteiger partial charge in [-0.1, -0.05) is 24.3 Å². The van der Waals surface area contributed by atoms with Gasteiger partial charge in [-0.2, -0.15) is 0 Å². The summed E-state index contributed by atoms with van der Waals surface area (Å²) in [5.74, 6) is -0.161. The van der Waals surface area contributed by atoms with E-state index in [1.807, 2.05) is 53.7 Å². The zero-order valence-electron chi connectivity index (χ0n) is 37.5. The average Bonchev–Trinajstić information content (AvgIpc) is 3.22. The molecule has 0 aliphatic carbocycles. The molecular formula is C47H68N8O6. The van der Waals surface area contributed by atoms with Gasteiger partial charge in [0, 0.05) is 127 Å². The van der Waals surface area contributed by atoms with Crippen LogP contribution in [-0.4, -0.2) is 146 Å². The minimum atomic E-state index is -0.502. The number of H-pyrrole nitrogens is 1. The number of aromatic amines is 1. The highest BCUT2D eigenvalue weighted by molar-refractivity contribution is 5.99. The van der Waals surface area contributed by atoms with Gasteiger partial charge in [-0.25, -0.2) is 4.79 Å². The van der Waals surface area contributed by atoms with Gasteiger partial charge in [0.2, 0.25) is 5.91 Å². The largest absolute Gasteiger partial charge is 0.444 e. The molecule has 332 valence electrons. The maximum Gasteiger partial charge on any atom is 0.410 e. The third-order valence-electron chi connectivity index (χ3n) is 12.1. The first-order chi connectivity index (χ1) is 29.2. The van der Waals surface area contributed by atoms with Crippen molar-refractivity contribution in [3.63, 3.8) is 0 Å². The second-order valence-electron chi connectivity index (χ2n) is 17.8. The molecule has 3 N–H and O–H groups in total. The van der Waals surface area contributed by atoms with Crippen LogP contribution in [0.1, 0.15) is 78.8 Å². The number of piperazine rings is 2. The summed E-state index contributed by atoms with van der Waals surface area (Å²) < 4.78 is 11.2. The van der Waals surface area contributed by atoms with Gasteiger partial charge in [-0.15, -0.1) is 0 Å². The molecular weight excluding hydrogens is 773 g/mol. The zero-order chi connectivity index (χ0) is 43.7. The summed E-state index contributed by atoms with van der Waals surface area (Å²) in [5, 5.41) is 6.14. The second-order valence-corrected chi connectivity index (χ2v) is 17.8. The van der Waals surface area contributed by atoms with Gasteiger partial charge < -0.3 is 34.9 Å². The Morgan fingerprint density at radius 3 is 2.15 bits per heavy atom. The molecule has 3 fully saturated rings. The Balaban J connectivity index is 1.02. The van der Waals surface area contributed by atoms with Crippen LogP contribution in [0.3, 0.4) is 0 Å². The number of nitrogens with zero attached hydrogens (tertiary/aromatic N) is 5. The van der Waals surface area contributed by atoms with Gasteiger partial charge in [0.25, 0.3) is 11.5 Å². The van der Waals surface area contributed by atoms with Crippen molar-refractivity contribution in [2.45, 2.75) is 86.0 Å². The van der Waals surface area contributed by atoms with E-state index >= 15 is 0 Å². The highest BCUT2D eigenvalue weighted by atomic mass is 16.6. The average molecular weight is 841 g/mol. The molecule has 0 radical (unpaired) electrons. The second kappa shape index (κ2) is 20.9. The molecule has 1 aromatic heterocycles. The van der Waals surface area contributed by atoms with Crippen LogP contribution in [0.2, 0.25) is 0 Å². The SMILES string of the molecule is CCN(c1cc(-c2ccc(CN3CCN(CC(=O)NCCN4CCN(C(=O)OC(C)(C)C)CC4)CC3)cc2)cc(C(=O)NCc2c(C)cc(C)[nH]c2=O)c1C)C1CCOCC1. The van der Waals surface area contributed by atoms with Crippen molar-refractivity contribution in [3.8, 4) is 11.1 Å². The number of rotatable bonds is 14. The number of carbonyl (C=O) groups excluding carboxylic acids is 3. The lowest BCUT2D eigenvalue weighted by Gasteiger charge is -2.37. The maximum atomic E-state index is 14.0. The molecule has 3 aliphatic rings. The predicted octanol–water partition coefficient (Wildman–Crippen LogP) is 4.69. The third kappa shape index (κ3) is 12.7. The number of hydrogen-bond acceptors (Lipinski definition) is 10. The number of carbonyl (C=O) groups is 3. The van der Waals surface area contributed by atoms with Gasteiger partial charge in [-0.05, 0) is 107 Å². The Morgan fingerprint density at radius 2 is 1.51 bits per heavy atom. The number of pyridine rings is 1. The summed E-state index contributed by atoms with van der Waals surface area (Å²) in [6.07, 6.45) is 1.60. The van der Waals surface area contributed by atoms with Crippen molar-refractivity contribution in [2.75, 3.05) is 96.7 Å². The van der Waals surface area contributed by atoms with Crippen LogP contribution in [0.25, 0.3) is 11.1 Å². The van der Waals surface area contributed by atoms with Gasteiger partial charge in [0.1, 0.15) is 5.60 Å². The summed E-state index contributed by atoms with van der Waals surface area (Å²) >= 11 is 0. The van der Waals surface area contributed by atoms with E-state index < -0.39 is 5.60 Å². The summed E-state index contributed by atoms with van der Waals surface area (Å²) in [7, 11) is 0. The van der Waals surface area contributed by atoms with Crippen molar-refractivity contribution in [1.29, 1.82) is 0 Å². The lowest BCUT2D eigenvalue weighted by molar-refractivity contribution is -0.122. The molecule has 61 heavy (non-hydrogen) atoms. The topological polar surface area (TPSA) is 143 Å². The minimum absolute atomic E-state index is 0.0442. The van der Waals surface area contributed by atoms with Crippen LogP contribution < -0.4 is 21.1 Å². The summed E-state index contributed by atoms with van der Waals surface area (Å²) in [6.45, 7) is 24.7. The predicted molar refractivity (Wildman–Crippen MR) is 240 cm³/mol. The summed E-state index contributed by atoms with van der Waals surface area (Å²) in [4.78, 5) is 65.8. The molecule has 2 aromatic carbocycles. The normalized spacial score (nSPS) is 17.3. The van der Waals surface area contributed by atoms with Crippen molar-refractivity contribution in [1.82, 2.24) is 35.2 Å². The molecule has 4 heterocycles. The number of ether oxygens (including phenoxy) is 2. The van der Waals surface area contributed by atoms with E-state index in [2.05, 4.69) is 72.5 Å². The Hall–Kier alpha value is -4.76. The fourth-order valence-electron chi connectivity index (χ4n) is 8.65. The maximum absolute atomic E-state index is 14.0. The van der Waals surface area contributed by atoms with E-state index in [1.54, 1.807) is 4.90 Å². The highest BCUT2D eigenvalue weighted by Crippen LogP contribution is 2.34. The number of amides is 3. The fraction of sp³-hybridized carbons (Fsp3) is 0.574. The first kappa shape index (κ1) is 45.8. The van der Waals surface area contributed by atoms with E-state index in [-0.39, 0.29) is 30.0 Å². The van der Waals surface area contributed by atoms with Gasteiger partial charge in [-0.3, -0.25) is 29.1 Å². The van der Waals surface area contributed by atoms with E-state index in [0.717, 1.165) is 119 Å². The van der Waals surface area contributed by atoms with Crippen molar-refractivity contribution in [3.05, 3.63) is 86.3 Å². The molecule has 0 atom stereocenters. The van der Waals surface area contributed by atoms with Crippen molar-refractivity contribution >= 4 is 23.6 Å². The number of aromatic nitrogens is 1. The van der Waals surface area contributed by atoms with Crippen LogP contribution in [0, 0.1) is 20.8 Å². The van der Waals surface area contributed by atoms with Crippen molar-refractivity contribution in [2.24, 2.45) is 0 Å². The molecule has 0 unspecified atom stereocenters. The molecule has 14 nitrogen and oxygen atoms in total. The molecule has 14 heteroatoms. The molecule has 3 saturated heterocycles. The molecule has 0 spiro atoms. The van der Waals surface area contributed by atoms with Crippen LogP contribution in [0.5, 0.6) is 0 Å². The van der Waals surface area contributed by atoms with Crippen LogP contribution in [0.4, 0.5) is 10.5 Å². The Labute approximate surface area is 361 Å². The standard InChI is InChI=1S/C47H68N8O6/c1-8-55(39-13-25-60-26-14-39)42-29-38(28-40(35(42)4)44(57)49-30-41-33(2)27-34(3)50-45(41)58)37-11-9-36(10-12-37)31-52-17-19-53(20-18-52)32-43(56)48-15-16-51-21-23-54(24-22-51)46(59)61-47(5,6)7/h9-12,27-29,39H,8,13-26,30-32H2,1-7H3,(H,48,56)(H,49,57)(H,50,58). The zero-order valence-corrected chi connectivity index (χ0v) is 37.5. The van der Waals surface area contributed by atoms with E-state index in [4.69, 9.17) is 9.47 Å². The van der Waals surface area contributed by atoms with Crippen LogP contribution in [-0.2, 0) is 27.4 Å². The molecule has 3 amide bonds. The quantitative estimate of drug-likeness (QED) is 0.210. The number of hydrogen-bond donors (Lipinski definition) is 3. The van der Waals surface area contributed by atoms with E-state index in [9.17, 15) is 19.2 Å². The summed E-state index contributed by atoms with van der Waals surface area (Å²) in [6, 6.07) is 15.1. The minimum Gasteiger partial charge on any atom is -0.444 e. The van der Waals surface area contributed by atoms with Crippen molar-refractivity contribution < 1.29 is 23.9 Å². The summed E-state index contributed by atoms with van der Waals surface area (Å²) in [5.41, 5.74) is 7.31. The third-order valence-corrected chi connectivity index (χ3v) is 12.1. The Morgan fingerprint density at radius 1 is 0.852 bits per heavy atom. The van der Waals surface area contributed by atoms with E-state index in [0.29, 0.717) is 43.3 Å². The lowest BCUT2D eigenvalue weighted by Crippen LogP contribution is -2.52. The number of nitrogens with one attached hydrogen (secondary N) is 3. The van der Waals surface area contributed by atoms with Gasteiger partial charge in [0.05, 0.1) is 6.54 Å². The first-order valence-electron chi connectivity index (χ1n) is 22.1. The van der Waals surface area contributed by atoms with Crippen LogP contribution in [0.15, 0.2) is 47.3 Å². The molecule has 6 rings (SSSR count). The lowest BCUT2D eigenvalue weighted by atomic mass is 9.94. The van der Waals surface area contributed by atoms with Gasteiger partial charge >= 0.3 is 6.09 Å². The molecule has 3 aliphatic heterocycles. The van der Waals surface area contributed by atoms with E-state index in [1.165, 1.54) is 5.56 Å². The first-order valence-corrected chi connectivity index (χ1v) is 22.1. The molecule has 0 bridgehead atoms. The van der Waals surface area contributed by atoms with Gasteiger partial charge in [0.15, 0.2) is 0 Å². The molecule has 0 saturated carbocycles. The Bertz CT molecular complexity index is 2020. The number of aryl methyl sites for hydroxylation is 2. The smallest absolute Gasteiger partial charge is 0.410 e. The monoisotopic (exact) mass is 841 g/mol. The Kier molecular flexibility index (Phi) is 15.7.